The molecule has 172 valence electrons. The summed E-state index contributed by atoms with van der Waals surface area (Å²) in [5, 5.41) is 2.76. The van der Waals surface area contributed by atoms with Gasteiger partial charge in [0.1, 0.15) is 29.6 Å². The molecule has 0 spiro atoms. The van der Waals surface area contributed by atoms with E-state index in [9.17, 15) is 4.79 Å². The number of urea groups is 1. The molecule has 0 unspecified atom stereocenters. The molecular formula is C25H28N4O4. The van der Waals surface area contributed by atoms with Crippen molar-refractivity contribution in [2.75, 3.05) is 19.2 Å². The Balaban J connectivity index is 1.53. The average molecular weight is 449 g/mol. The predicted molar refractivity (Wildman–Crippen MR) is 126 cm³/mol. The van der Waals surface area contributed by atoms with Gasteiger partial charge in [-0.05, 0) is 60.9 Å². The van der Waals surface area contributed by atoms with Gasteiger partial charge < -0.3 is 14.2 Å². The van der Waals surface area contributed by atoms with Gasteiger partial charge in [-0.3, -0.25) is 0 Å². The van der Waals surface area contributed by atoms with Crippen LogP contribution in [0.3, 0.4) is 0 Å². The molecule has 0 saturated carbocycles. The van der Waals surface area contributed by atoms with E-state index in [-0.39, 0.29) is 12.6 Å². The molecule has 8 heteroatoms. The lowest BCUT2D eigenvalue weighted by Gasteiger charge is -2.20. The van der Waals surface area contributed by atoms with E-state index in [2.05, 4.69) is 24.1 Å². The minimum atomic E-state index is -0.241. The van der Waals surface area contributed by atoms with E-state index in [1.165, 1.54) is 10.0 Å². The van der Waals surface area contributed by atoms with Crippen LogP contribution in [-0.4, -0.2) is 25.2 Å². The normalized spacial score (nSPS) is 13.4. The number of hydrogen-bond acceptors (Lipinski definition) is 6. The molecule has 2 amide bonds. The first-order valence-corrected chi connectivity index (χ1v) is 10.8. The summed E-state index contributed by atoms with van der Waals surface area (Å²) in [4.78, 5) is 12.5. The van der Waals surface area contributed by atoms with Crippen LogP contribution in [0.2, 0.25) is 0 Å². The number of nitrogens with one attached hydrogen (secondary N) is 2. The summed E-state index contributed by atoms with van der Waals surface area (Å²) in [7, 11) is 3.23. The van der Waals surface area contributed by atoms with Gasteiger partial charge in [0, 0.05) is 7.05 Å². The zero-order valence-corrected chi connectivity index (χ0v) is 19.2. The number of carbonyl (C=O) groups excluding carboxylic acids is 1. The van der Waals surface area contributed by atoms with Crippen molar-refractivity contribution in [3.05, 3.63) is 77.4 Å². The third kappa shape index (κ3) is 4.72. The van der Waals surface area contributed by atoms with Crippen LogP contribution < -0.4 is 30.3 Å². The SMILES string of the molecule is CCc1ccccc1Oc1ccc(OCc2c(OC)cccc2N2NNN(C)C2=O)c(C)c1. The lowest BCUT2D eigenvalue weighted by Crippen LogP contribution is -2.38. The van der Waals surface area contributed by atoms with Crippen LogP contribution in [0.1, 0.15) is 23.6 Å². The second-order valence-corrected chi connectivity index (χ2v) is 7.64. The van der Waals surface area contributed by atoms with Crippen LogP contribution in [0.15, 0.2) is 60.7 Å². The number of methoxy groups -OCH3 is 1. The molecule has 8 nitrogen and oxygen atoms in total. The highest BCUT2D eigenvalue weighted by Crippen LogP contribution is 2.33. The molecule has 1 aliphatic rings. The van der Waals surface area contributed by atoms with Crippen LogP contribution in [0, 0.1) is 6.92 Å². The molecule has 1 saturated heterocycles. The first-order chi connectivity index (χ1) is 16.0. The first kappa shape index (κ1) is 22.4. The number of para-hydroxylation sites is 1. The molecule has 1 fully saturated rings. The Morgan fingerprint density at radius 3 is 2.42 bits per heavy atom. The third-order valence-corrected chi connectivity index (χ3v) is 5.48. The Morgan fingerprint density at radius 1 is 0.939 bits per heavy atom. The topological polar surface area (TPSA) is 75.3 Å². The summed E-state index contributed by atoms with van der Waals surface area (Å²) in [5.74, 6) is 2.96. The van der Waals surface area contributed by atoms with E-state index in [4.69, 9.17) is 14.2 Å². The Morgan fingerprint density at radius 2 is 1.73 bits per heavy atom. The zero-order valence-electron chi connectivity index (χ0n) is 19.2. The summed E-state index contributed by atoms with van der Waals surface area (Å²) in [5.41, 5.74) is 9.09. The second kappa shape index (κ2) is 9.81. The maximum absolute atomic E-state index is 12.5. The Hall–Kier alpha value is -3.75. The summed E-state index contributed by atoms with van der Waals surface area (Å²) < 4.78 is 17.8. The van der Waals surface area contributed by atoms with Crippen LogP contribution in [-0.2, 0) is 13.0 Å². The molecule has 1 heterocycles. The maximum atomic E-state index is 12.5. The van der Waals surface area contributed by atoms with Crippen molar-refractivity contribution < 1.29 is 19.0 Å². The number of hydrogen-bond donors (Lipinski definition) is 2. The van der Waals surface area contributed by atoms with Gasteiger partial charge in [0.05, 0.1) is 18.4 Å². The van der Waals surface area contributed by atoms with Crippen LogP contribution in [0.5, 0.6) is 23.0 Å². The Bertz CT molecular complexity index is 1150. The zero-order chi connectivity index (χ0) is 23.4. The van der Waals surface area contributed by atoms with Crippen LogP contribution >= 0.6 is 0 Å². The predicted octanol–water partition coefficient (Wildman–Crippen LogP) is 4.73. The van der Waals surface area contributed by atoms with E-state index in [0.717, 1.165) is 40.4 Å². The number of rotatable bonds is 8. The number of amides is 2. The average Bonchev–Trinajstić information content (AvgIpc) is 3.16. The van der Waals surface area contributed by atoms with Gasteiger partial charge in [0.2, 0.25) is 0 Å². The van der Waals surface area contributed by atoms with Crippen LogP contribution in [0.25, 0.3) is 0 Å². The standard InChI is InChI=1S/C25H28N4O4/c1-5-18-9-6-7-11-23(18)33-19-13-14-22(17(2)15-19)32-16-20-21(10-8-12-24(20)31-4)29-25(30)28(3)26-27-29/h6-15,26-27H,5,16H2,1-4H3. The highest BCUT2D eigenvalue weighted by atomic mass is 16.5. The Labute approximate surface area is 193 Å². The lowest BCUT2D eigenvalue weighted by molar-refractivity contribution is 0.214. The number of hydrazine groups is 3. The molecule has 2 N–H and O–H groups in total. The van der Waals surface area contributed by atoms with Gasteiger partial charge in [-0.15, -0.1) is 11.1 Å². The van der Waals surface area contributed by atoms with Crippen molar-refractivity contribution in [3.8, 4) is 23.0 Å². The highest BCUT2D eigenvalue weighted by Gasteiger charge is 2.29. The smallest absolute Gasteiger partial charge is 0.355 e. The molecule has 33 heavy (non-hydrogen) atoms. The summed E-state index contributed by atoms with van der Waals surface area (Å²) in [6, 6.07) is 19.0. The van der Waals surface area contributed by atoms with Gasteiger partial charge >= 0.3 is 6.03 Å². The molecule has 0 aromatic heterocycles. The molecule has 0 radical (unpaired) electrons. The largest absolute Gasteiger partial charge is 0.496 e. The fourth-order valence-corrected chi connectivity index (χ4v) is 3.65. The number of carbonyl (C=O) groups is 1. The molecular weight excluding hydrogens is 420 g/mol. The monoisotopic (exact) mass is 448 g/mol. The molecule has 0 atom stereocenters. The number of nitrogens with zero attached hydrogens (tertiary/aromatic N) is 2. The van der Waals surface area contributed by atoms with E-state index >= 15 is 0 Å². The van der Waals surface area contributed by atoms with Gasteiger partial charge in [0.25, 0.3) is 0 Å². The van der Waals surface area contributed by atoms with Crippen LogP contribution in [0.4, 0.5) is 10.5 Å². The van der Waals surface area contributed by atoms with E-state index in [1.54, 1.807) is 14.2 Å². The minimum absolute atomic E-state index is 0.217. The van der Waals surface area contributed by atoms with Gasteiger partial charge in [-0.1, -0.05) is 31.2 Å². The molecule has 4 rings (SSSR count). The molecule has 0 aliphatic carbocycles. The number of benzene rings is 3. The highest BCUT2D eigenvalue weighted by molar-refractivity contribution is 5.93. The third-order valence-electron chi connectivity index (χ3n) is 5.48. The van der Waals surface area contributed by atoms with Crippen molar-refractivity contribution in [3.63, 3.8) is 0 Å². The number of anilines is 1. The van der Waals surface area contributed by atoms with Crippen molar-refractivity contribution in [2.24, 2.45) is 0 Å². The second-order valence-electron chi connectivity index (χ2n) is 7.64. The maximum Gasteiger partial charge on any atom is 0.355 e. The van der Waals surface area contributed by atoms with Gasteiger partial charge in [0.15, 0.2) is 0 Å². The van der Waals surface area contributed by atoms with Crippen molar-refractivity contribution in [2.45, 2.75) is 26.9 Å². The fourth-order valence-electron chi connectivity index (χ4n) is 3.65. The molecule has 3 aromatic carbocycles. The molecule has 1 aliphatic heterocycles. The van der Waals surface area contributed by atoms with Crippen molar-refractivity contribution >= 4 is 11.7 Å². The first-order valence-electron chi connectivity index (χ1n) is 10.8. The number of ether oxygens (including phenoxy) is 3. The lowest BCUT2D eigenvalue weighted by atomic mass is 10.1. The fraction of sp³-hybridized carbons (Fsp3) is 0.240. The molecule has 0 bridgehead atoms. The van der Waals surface area contributed by atoms with Gasteiger partial charge in [-0.2, -0.15) is 0 Å². The minimum Gasteiger partial charge on any atom is -0.496 e. The molecule has 3 aromatic rings. The van der Waals surface area contributed by atoms with E-state index < -0.39 is 0 Å². The summed E-state index contributed by atoms with van der Waals surface area (Å²) in [6.45, 7) is 4.30. The van der Waals surface area contributed by atoms with E-state index in [1.807, 2.05) is 61.5 Å². The summed E-state index contributed by atoms with van der Waals surface area (Å²) in [6.07, 6.45) is 0.900. The van der Waals surface area contributed by atoms with E-state index in [0.29, 0.717) is 11.4 Å². The quantitative estimate of drug-likeness (QED) is 0.519. The number of aryl methyl sites for hydroxylation is 2. The summed E-state index contributed by atoms with van der Waals surface area (Å²) >= 11 is 0. The van der Waals surface area contributed by atoms with Gasteiger partial charge in [-0.25, -0.2) is 14.8 Å². The Kier molecular flexibility index (Phi) is 6.67. The van der Waals surface area contributed by atoms with Crippen molar-refractivity contribution in [1.29, 1.82) is 0 Å². The van der Waals surface area contributed by atoms with Crippen molar-refractivity contribution in [1.82, 2.24) is 16.1 Å².